The zero-order chi connectivity index (χ0) is 13.4. The van der Waals surface area contributed by atoms with Crippen molar-refractivity contribution in [3.05, 3.63) is 23.8 Å². The minimum atomic E-state index is -0.439. The number of aliphatic hydroxyl groups is 1. The highest BCUT2D eigenvalue weighted by molar-refractivity contribution is 5.60. The van der Waals surface area contributed by atoms with E-state index in [0.717, 1.165) is 17.5 Å². The van der Waals surface area contributed by atoms with Gasteiger partial charge in [0.1, 0.15) is 18.1 Å². The second-order valence-corrected chi connectivity index (χ2v) is 3.80. The second-order valence-electron chi connectivity index (χ2n) is 3.80. The molecular weight excluding hydrogens is 234 g/mol. The van der Waals surface area contributed by atoms with Crippen LogP contribution in [-0.2, 0) is 16.0 Å². The highest BCUT2D eigenvalue weighted by Crippen LogP contribution is 2.26. The van der Waals surface area contributed by atoms with Gasteiger partial charge in [0.25, 0.3) is 0 Å². The van der Waals surface area contributed by atoms with Crippen LogP contribution in [0.25, 0.3) is 0 Å². The molecule has 1 unspecified atom stereocenters. The van der Waals surface area contributed by atoms with Crippen molar-refractivity contribution >= 4 is 12.0 Å². The smallest absolute Gasteiger partial charge is 0.149 e. The summed E-state index contributed by atoms with van der Waals surface area (Å²) in [5.41, 5.74) is 1.77. The molecule has 0 saturated carbocycles. The number of carbonyl (C=O) groups is 1. The summed E-state index contributed by atoms with van der Waals surface area (Å²) in [5.74, 6) is 0.682. The maximum absolute atomic E-state index is 10.7. The first-order valence-electron chi connectivity index (χ1n) is 5.74. The number of aliphatic hydroxyl groups excluding tert-OH is 1. The molecule has 0 saturated heterocycles. The van der Waals surface area contributed by atoms with Gasteiger partial charge in [-0.15, -0.1) is 0 Å². The van der Waals surface area contributed by atoms with Crippen molar-refractivity contribution in [3.63, 3.8) is 0 Å². The molecule has 0 radical (unpaired) electrons. The van der Waals surface area contributed by atoms with Crippen LogP contribution >= 0.6 is 0 Å². The summed E-state index contributed by atoms with van der Waals surface area (Å²) in [6, 6.07) is 5.62. The summed E-state index contributed by atoms with van der Waals surface area (Å²) in [5, 5.41) is 11.8. The summed E-state index contributed by atoms with van der Waals surface area (Å²) in [6.07, 6.45) is 0.854. The average Bonchev–Trinajstić information content (AvgIpc) is 2.42. The predicted molar refractivity (Wildman–Crippen MR) is 69.1 cm³/mol. The first-order valence-corrected chi connectivity index (χ1v) is 5.74. The molecule has 0 aliphatic heterocycles. The van der Waals surface area contributed by atoms with Crippen LogP contribution in [0.1, 0.15) is 5.56 Å². The zero-order valence-electron chi connectivity index (χ0n) is 10.7. The fraction of sp³-hybridized carbons (Fsp3) is 0.462. The Morgan fingerprint density at radius 3 is 2.78 bits per heavy atom. The van der Waals surface area contributed by atoms with Gasteiger partial charge in [0.05, 0.1) is 19.4 Å². The van der Waals surface area contributed by atoms with Crippen LogP contribution in [-0.4, -0.2) is 44.9 Å². The monoisotopic (exact) mass is 253 g/mol. The molecular formula is C13H19NO4. The topological polar surface area (TPSA) is 67.8 Å². The zero-order valence-corrected chi connectivity index (χ0v) is 10.7. The molecule has 18 heavy (non-hydrogen) atoms. The van der Waals surface area contributed by atoms with Crippen molar-refractivity contribution in [1.82, 2.24) is 0 Å². The predicted octanol–water partition coefficient (Wildman–Crippen LogP) is 0.856. The van der Waals surface area contributed by atoms with E-state index in [1.165, 1.54) is 7.11 Å². The van der Waals surface area contributed by atoms with Crippen LogP contribution in [0.2, 0.25) is 0 Å². The molecule has 0 aliphatic rings. The number of benzene rings is 1. The van der Waals surface area contributed by atoms with Gasteiger partial charge in [-0.1, -0.05) is 6.07 Å². The molecule has 1 aromatic rings. The number of hydrogen-bond donors (Lipinski definition) is 2. The first kappa shape index (κ1) is 14.5. The number of methoxy groups -OCH3 is 2. The summed E-state index contributed by atoms with van der Waals surface area (Å²) in [6.45, 7) is 0.520. The largest absolute Gasteiger partial charge is 0.495 e. The lowest BCUT2D eigenvalue weighted by molar-refractivity contribution is -0.116. The molecule has 0 amide bonds. The number of aldehydes is 1. The van der Waals surface area contributed by atoms with E-state index in [9.17, 15) is 4.79 Å². The quantitative estimate of drug-likeness (QED) is 0.672. The molecule has 1 atom stereocenters. The number of anilines is 1. The highest BCUT2D eigenvalue weighted by atomic mass is 16.5. The summed E-state index contributed by atoms with van der Waals surface area (Å²) < 4.78 is 10.3. The molecule has 5 nitrogen and oxygen atoms in total. The molecule has 0 aliphatic carbocycles. The van der Waals surface area contributed by atoms with E-state index < -0.39 is 6.10 Å². The van der Waals surface area contributed by atoms with Gasteiger partial charge in [-0.05, 0) is 17.7 Å². The molecule has 0 bridgehead atoms. The number of hydrogen-bond acceptors (Lipinski definition) is 5. The number of rotatable bonds is 8. The second kappa shape index (κ2) is 7.68. The van der Waals surface area contributed by atoms with E-state index in [-0.39, 0.29) is 6.61 Å². The Hall–Kier alpha value is -1.59. The van der Waals surface area contributed by atoms with E-state index in [4.69, 9.17) is 14.6 Å². The standard InChI is InChI=1S/C13H19NO4/c1-17-11(9-16)7-10-3-4-12(14-5-6-15)13(8-10)18-2/h3-4,8-9,11,14-15H,5-7H2,1-2H3. The van der Waals surface area contributed by atoms with Crippen LogP contribution < -0.4 is 10.1 Å². The lowest BCUT2D eigenvalue weighted by Crippen LogP contribution is -2.15. The average molecular weight is 253 g/mol. The molecule has 5 heteroatoms. The van der Waals surface area contributed by atoms with Gasteiger partial charge in [0.15, 0.2) is 0 Å². The van der Waals surface area contributed by atoms with Crippen molar-refractivity contribution in [1.29, 1.82) is 0 Å². The fourth-order valence-electron chi connectivity index (χ4n) is 1.62. The number of carbonyl (C=O) groups excluding carboxylic acids is 1. The van der Waals surface area contributed by atoms with Gasteiger partial charge in [0, 0.05) is 20.1 Å². The molecule has 0 aromatic heterocycles. The minimum Gasteiger partial charge on any atom is -0.495 e. The molecule has 2 N–H and O–H groups in total. The van der Waals surface area contributed by atoms with Crippen LogP contribution in [0.3, 0.4) is 0 Å². The third-order valence-electron chi connectivity index (χ3n) is 2.58. The maximum atomic E-state index is 10.7. The minimum absolute atomic E-state index is 0.0573. The summed E-state index contributed by atoms with van der Waals surface area (Å²) in [4.78, 5) is 10.7. The Bertz CT molecular complexity index is 381. The Kier molecular flexibility index (Phi) is 6.18. The normalized spacial score (nSPS) is 11.9. The van der Waals surface area contributed by atoms with Crippen molar-refractivity contribution in [2.45, 2.75) is 12.5 Å². The Morgan fingerprint density at radius 2 is 2.22 bits per heavy atom. The van der Waals surface area contributed by atoms with Crippen LogP contribution in [0.15, 0.2) is 18.2 Å². The van der Waals surface area contributed by atoms with E-state index in [2.05, 4.69) is 5.32 Å². The van der Waals surface area contributed by atoms with Gasteiger partial charge >= 0.3 is 0 Å². The van der Waals surface area contributed by atoms with E-state index in [1.54, 1.807) is 7.11 Å². The first-order chi connectivity index (χ1) is 8.74. The Morgan fingerprint density at radius 1 is 1.44 bits per heavy atom. The van der Waals surface area contributed by atoms with Crippen molar-refractivity contribution in [2.75, 3.05) is 32.7 Å². The van der Waals surface area contributed by atoms with Crippen LogP contribution in [0.5, 0.6) is 5.75 Å². The molecule has 1 aromatic carbocycles. The van der Waals surface area contributed by atoms with E-state index in [1.807, 2.05) is 18.2 Å². The summed E-state index contributed by atoms with van der Waals surface area (Å²) in [7, 11) is 3.09. The summed E-state index contributed by atoms with van der Waals surface area (Å²) >= 11 is 0. The van der Waals surface area contributed by atoms with Crippen LogP contribution in [0, 0.1) is 0 Å². The number of ether oxygens (including phenoxy) is 2. The lowest BCUT2D eigenvalue weighted by Gasteiger charge is -2.13. The van der Waals surface area contributed by atoms with Crippen molar-refractivity contribution in [2.24, 2.45) is 0 Å². The molecule has 0 fully saturated rings. The third kappa shape index (κ3) is 4.01. The van der Waals surface area contributed by atoms with Crippen molar-refractivity contribution in [3.8, 4) is 5.75 Å². The van der Waals surface area contributed by atoms with E-state index >= 15 is 0 Å². The Labute approximate surface area is 107 Å². The maximum Gasteiger partial charge on any atom is 0.149 e. The molecule has 100 valence electrons. The molecule has 0 spiro atoms. The molecule has 1 rings (SSSR count). The van der Waals surface area contributed by atoms with Crippen molar-refractivity contribution < 1.29 is 19.4 Å². The fourth-order valence-corrected chi connectivity index (χ4v) is 1.62. The van der Waals surface area contributed by atoms with Gasteiger partial charge in [-0.3, -0.25) is 0 Å². The molecule has 0 heterocycles. The highest BCUT2D eigenvalue weighted by Gasteiger charge is 2.09. The van der Waals surface area contributed by atoms with Gasteiger partial charge < -0.3 is 24.7 Å². The van der Waals surface area contributed by atoms with E-state index in [0.29, 0.717) is 18.7 Å². The van der Waals surface area contributed by atoms with Gasteiger partial charge in [0.2, 0.25) is 0 Å². The van der Waals surface area contributed by atoms with Gasteiger partial charge in [-0.25, -0.2) is 0 Å². The lowest BCUT2D eigenvalue weighted by atomic mass is 10.1. The number of nitrogens with one attached hydrogen (secondary N) is 1. The Balaban J connectivity index is 2.80. The third-order valence-corrected chi connectivity index (χ3v) is 2.58. The van der Waals surface area contributed by atoms with Gasteiger partial charge in [-0.2, -0.15) is 0 Å². The SMILES string of the molecule is COc1cc(CC(C=O)OC)ccc1NCCO. The van der Waals surface area contributed by atoms with Crippen LogP contribution in [0.4, 0.5) is 5.69 Å².